The van der Waals surface area contributed by atoms with E-state index in [4.69, 9.17) is 18.9 Å². The summed E-state index contributed by atoms with van der Waals surface area (Å²) in [5.41, 5.74) is 2.31. The summed E-state index contributed by atoms with van der Waals surface area (Å²) in [5.74, 6) is 2.42. The molecule has 1 atom stereocenters. The van der Waals surface area contributed by atoms with Gasteiger partial charge in [-0.05, 0) is 48.4 Å². The van der Waals surface area contributed by atoms with Crippen LogP contribution in [-0.4, -0.2) is 25.3 Å². The number of rotatable bonds is 9. The van der Waals surface area contributed by atoms with Gasteiger partial charge in [0.2, 0.25) is 0 Å². The second-order valence-corrected chi connectivity index (χ2v) is 7.88. The van der Waals surface area contributed by atoms with Crippen molar-refractivity contribution < 1.29 is 23.7 Å². The highest BCUT2D eigenvalue weighted by molar-refractivity contribution is 5.88. The lowest BCUT2D eigenvalue weighted by molar-refractivity contribution is 0.105. The minimum Gasteiger partial charge on any atom is -0.493 e. The van der Waals surface area contributed by atoms with Gasteiger partial charge >= 0.3 is 6.09 Å². The average Bonchev–Trinajstić information content (AvgIpc) is 2.89. The van der Waals surface area contributed by atoms with Gasteiger partial charge in [-0.2, -0.15) is 0 Å². The van der Waals surface area contributed by atoms with Gasteiger partial charge in [-0.3, -0.25) is 10.3 Å². The molecule has 3 aromatic carbocycles. The quantitative estimate of drug-likeness (QED) is 0.279. The number of ether oxygens (including phenoxy) is 4. The fourth-order valence-corrected chi connectivity index (χ4v) is 3.77. The highest BCUT2D eigenvalue weighted by Gasteiger charge is 2.16. The monoisotopic (exact) mass is 472 g/mol. The van der Waals surface area contributed by atoms with Gasteiger partial charge in [0.05, 0.1) is 19.7 Å². The number of pyridine rings is 1. The Balaban J connectivity index is 1.45. The van der Waals surface area contributed by atoms with Crippen molar-refractivity contribution in [2.45, 2.75) is 25.9 Å². The van der Waals surface area contributed by atoms with E-state index in [9.17, 15) is 4.79 Å². The van der Waals surface area contributed by atoms with Crippen LogP contribution >= 0.6 is 0 Å². The van der Waals surface area contributed by atoms with Gasteiger partial charge in [0.1, 0.15) is 17.6 Å². The Morgan fingerprint density at radius 3 is 2.31 bits per heavy atom. The zero-order chi connectivity index (χ0) is 24.6. The molecule has 0 bridgehead atoms. The molecule has 7 heteroatoms. The minimum atomic E-state index is -0.498. The van der Waals surface area contributed by atoms with Crippen LogP contribution in [0.1, 0.15) is 31.4 Å². The molecule has 0 spiro atoms. The summed E-state index contributed by atoms with van der Waals surface area (Å²) < 4.78 is 22.6. The summed E-state index contributed by atoms with van der Waals surface area (Å²) >= 11 is 0. The van der Waals surface area contributed by atoms with Crippen LogP contribution in [0.5, 0.6) is 23.0 Å². The molecule has 1 heterocycles. The molecular weight excluding hydrogens is 444 g/mol. The molecular formula is C28H28N2O5. The van der Waals surface area contributed by atoms with Crippen molar-refractivity contribution >= 4 is 22.7 Å². The smallest absolute Gasteiger partial charge is 0.412 e. The second-order valence-electron chi connectivity index (χ2n) is 7.88. The number of benzene rings is 3. The molecule has 0 aliphatic rings. The normalized spacial score (nSPS) is 11.5. The first kappa shape index (κ1) is 23.9. The predicted octanol–water partition coefficient (Wildman–Crippen LogP) is 7.13. The number of carbonyl (C=O) groups is 1. The molecule has 0 fully saturated rings. The molecule has 180 valence electrons. The summed E-state index contributed by atoms with van der Waals surface area (Å²) in [4.78, 5) is 16.9. The summed E-state index contributed by atoms with van der Waals surface area (Å²) in [6.45, 7) is 2.06. The zero-order valence-electron chi connectivity index (χ0n) is 20.0. The molecule has 1 aromatic heterocycles. The Morgan fingerprint density at radius 2 is 1.63 bits per heavy atom. The fraction of sp³-hybridized carbons (Fsp3) is 0.214. The maximum atomic E-state index is 12.5. The van der Waals surface area contributed by atoms with Crippen LogP contribution in [0.3, 0.4) is 0 Å². The number of fused-ring (bicyclic) bond motifs is 1. The number of anilines is 1. The van der Waals surface area contributed by atoms with E-state index in [0.717, 1.165) is 29.3 Å². The van der Waals surface area contributed by atoms with Crippen LogP contribution in [0.15, 0.2) is 79.0 Å². The fourth-order valence-electron chi connectivity index (χ4n) is 3.77. The Bertz CT molecular complexity index is 1280. The highest BCUT2D eigenvalue weighted by atomic mass is 16.6. The lowest BCUT2D eigenvalue weighted by Gasteiger charge is -2.18. The topological polar surface area (TPSA) is 78.9 Å². The number of hydrogen-bond acceptors (Lipinski definition) is 6. The van der Waals surface area contributed by atoms with E-state index < -0.39 is 6.09 Å². The van der Waals surface area contributed by atoms with Crippen LogP contribution in [0.25, 0.3) is 10.9 Å². The largest absolute Gasteiger partial charge is 0.493 e. The van der Waals surface area contributed by atoms with Crippen molar-refractivity contribution in [1.29, 1.82) is 0 Å². The molecule has 1 amide bonds. The first-order valence-corrected chi connectivity index (χ1v) is 11.4. The Morgan fingerprint density at radius 1 is 0.914 bits per heavy atom. The number of nitrogens with zero attached hydrogens (tertiary/aromatic N) is 1. The third-order valence-electron chi connectivity index (χ3n) is 5.51. The molecule has 1 N–H and O–H groups in total. The Labute approximate surface area is 204 Å². The van der Waals surface area contributed by atoms with Gasteiger partial charge in [0.25, 0.3) is 0 Å². The van der Waals surface area contributed by atoms with Crippen molar-refractivity contribution in [3.8, 4) is 23.0 Å². The zero-order valence-corrected chi connectivity index (χ0v) is 20.0. The standard InChI is InChI=1S/C28H28N2O5/c1-4-8-24(19-9-6-5-7-10-19)35-28(31)30-20-11-13-21(14-12-20)34-25-15-16-29-23-18-27(33-3)26(32-2)17-22(23)25/h5-7,9-18,24H,4,8H2,1-3H3,(H,30,31). The maximum absolute atomic E-state index is 12.5. The number of hydrogen-bond donors (Lipinski definition) is 1. The van der Waals surface area contributed by atoms with Crippen molar-refractivity contribution in [3.63, 3.8) is 0 Å². The van der Waals surface area contributed by atoms with Crippen LogP contribution in [0.2, 0.25) is 0 Å². The minimum absolute atomic E-state index is 0.292. The van der Waals surface area contributed by atoms with Gasteiger partial charge in [0, 0.05) is 23.3 Å². The number of amides is 1. The molecule has 35 heavy (non-hydrogen) atoms. The van der Waals surface area contributed by atoms with E-state index in [1.165, 1.54) is 0 Å². The average molecular weight is 473 g/mol. The predicted molar refractivity (Wildman–Crippen MR) is 136 cm³/mol. The highest BCUT2D eigenvalue weighted by Crippen LogP contribution is 2.37. The van der Waals surface area contributed by atoms with Gasteiger partial charge in [-0.15, -0.1) is 0 Å². The molecule has 0 aliphatic carbocycles. The van der Waals surface area contributed by atoms with E-state index in [0.29, 0.717) is 28.7 Å². The van der Waals surface area contributed by atoms with E-state index in [1.807, 2.05) is 36.4 Å². The van der Waals surface area contributed by atoms with E-state index >= 15 is 0 Å². The lowest BCUT2D eigenvalue weighted by Crippen LogP contribution is -2.17. The third-order valence-corrected chi connectivity index (χ3v) is 5.51. The molecule has 7 nitrogen and oxygen atoms in total. The molecule has 0 saturated carbocycles. The van der Waals surface area contributed by atoms with Crippen LogP contribution in [0.4, 0.5) is 10.5 Å². The first-order valence-electron chi connectivity index (χ1n) is 11.4. The van der Waals surface area contributed by atoms with Crippen molar-refractivity contribution in [1.82, 2.24) is 4.98 Å². The van der Waals surface area contributed by atoms with Gasteiger partial charge in [0.15, 0.2) is 11.5 Å². The van der Waals surface area contributed by atoms with Crippen molar-refractivity contribution in [3.05, 3.63) is 84.6 Å². The third kappa shape index (κ3) is 5.81. The molecule has 4 rings (SSSR count). The summed E-state index contributed by atoms with van der Waals surface area (Å²) in [6, 6.07) is 22.3. The number of aromatic nitrogens is 1. The van der Waals surface area contributed by atoms with Gasteiger partial charge < -0.3 is 18.9 Å². The van der Waals surface area contributed by atoms with E-state index in [2.05, 4.69) is 17.2 Å². The number of methoxy groups -OCH3 is 2. The molecule has 4 aromatic rings. The summed E-state index contributed by atoms with van der Waals surface area (Å²) in [6.07, 6.45) is 2.54. The molecule has 0 saturated heterocycles. The van der Waals surface area contributed by atoms with Crippen LogP contribution in [-0.2, 0) is 4.74 Å². The van der Waals surface area contributed by atoms with Gasteiger partial charge in [-0.25, -0.2) is 4.79 Å². The second kappa shape index (κ2) is 11.2. The lowest BCUT2D eigenvalue weighted by atomic mass is 10.1. The number of carbonyl (C=O) groups excluding carboxylic acids is 1. The first-order chi connectivity index (χ1) is 17.1. The number of nitrogens with one attached hydrogen (secondary N) is 1. The maximum Gasteiger partial charge on any atom is 0.412 e. The molecule has 0 aliphatic heterocycles. The summed E-state index contributed by atoms with van der Waals surface area (Å²) in [7, 11) is 3.17. The van der Waals surface area contributed by atoms with Crippen molar-refractivity contribution in [2.24, 2.45) is 0 Å². The van der Waals surface area contributed by atoms with Crippen molar-refractivity contribution in [2.75, 3.05) is 19.5 Å². The van der Waals surface area contributed by atoms with E-state index in [1.54, 1.807) is 56.8 Å². The Hall–Kier alpha value is -4.26. The Kier molecular flexibility index (Phi) is 7.67. The molecule has 0 radical (unpaired) electrons. The van der Waals surface area contributed by atoms with Crippen LogP contribution in [0, 0.1) is 0 Å². The summed E-state index contributed by atoms with van der Waals surface area (Å²) in [5, 5.41) is 3.58. The van der Waals surface area contributed by atoms with Gasteiger partial charge in [-0.1, -0.05) is 43.7 Å². The SMILES string of the molecule is CCCC(OC(=O)Nc1ccc(Oc2ccnc3cc(OC)c(OC)cc23)cc1)c1ccccc1. The van der Waals surface area contributed by atoms with Crippen LogP contribution < -0.4 is 19.5 Å². The van der Waals surface area contributed by atoms with E-state index in [-0.39, 0.29) is 6.10 Å². The molecule has 1 unspecified atom stereocenters.